The van der Waals surface area contributed by atoms with Gasteiger partial charge < -0.3 is 0 Å². The SMILES string of the molecule is CC=C(C)CCC(F)(F)C(F)(F)C(F)(C(F)(F)F)C(F)(F)F. The molecule has 0 amide bonds. The highest BCUT2D eigenvalue weighted by molar-refractivity contribution is 5.11. The summed E-state index contributed by atoms with van der Waals surface area (Å²) < 4.78 is 139. The number of rotatable bonds is 5. The molecule has 0 unspecified atom stereocenters. The summed E-state index contributed by atoms with van der Waals surface area (Å²) in [6, 6.07) is 0. The van der Waals surface area contributed by atoms with Crippen LogP contribution in [0, 0.1) is 0 Å². The Labute approximate surface area is 118 Å². The van der Waals surface area contributed by atoms with E-state index in [4.69, 9.17) is 0 Å². The zero-order valence-electron chi connectivity index (χ0n) is 11.1. The smallest absolute Gasteiger partial charge is 0.216 e. The maximum atomic E-state index is 13.2. The van der Waals surface area contributed by atoms with E-state index in [-0.39, 0.29) is 5.57 Å². The second-order valence-corrected chi connectivity index (χ2v) is 4.57. The third kappa shape index (κ3) is 3.32. The average Bonchev–Trinajstić information content (AvgIpc) is 2.31. The van der Waals surface area contributed by atoms with Crippen LogP contribution in [-0.2, 0) is 0 Å². The lowest BCUT2D eigenvalue weighted by atomic mass is 9.88. The Morgan fingerprint density at radius 1 is 0.773 bits per heavy atom. The molecule has 0 aromatic heterocycles. The molecule has 0 nitrogen and oxygen atoms in total. The van der Waals surface area contributed by atoms with Gasteiger partial charge in [0.15, 0.2) is 0 Å². The third-order valence-electron chi connectivity index (χ3n) is 3.00. The van der Waals surface area contributed by atoms with Crippen molar-refractivity contribution >= 4 is 0 Å². The molecule has 0 fully saturated rings. The number of halogens is 11. The molecule has 22 heavy (non-hydrogen) atoms. The first-order valence-corrected chi connectivity index (χ1v) is 5.65. The van der Waals surface area contributed by atoms with Gasteiger partial charge in [-0.1, -0.05) is 11.6 Å². The summed E-state index contributed by atoms with van der Waals surface area (Å²) in [5, 5.41) is 0. The Hall–Kier alpha value is -1.03. The zero-order chi connectivity index (χ0) is 18.2. The molecule has 0 aliphatic heterocycles. The van der Waals surface area contributed by atoms with Gasteiger partial charge in [-0.15, -0.1) is 0 Å². The standard InChI is InChI=1S/C11H11F11/c1-3-6(2)4-5-7(12,13)9(15,16)8(14,10(17,18)19)11(20,21)22/h3H,4-5H2,1-2H3. The quantitative estimate of drug-likeness (QED) is 0.431. The van der Waals surface area contributed by atoms with Crippen molar-refractivity contribution in [2.45, 2.75) is 56.6 Å². The van der Waals surface area contributed by atoms with Crippen LogP contribution >= 0.6 is 0 Å². The molecular weight excluding hydrogens is 341 g/mol. The molecule has 0 spiro atoms. The average molecular weight is 352 g/mol. The van der Waals surface area contributed by atoms with Crippen molar-refractivity contribution in [3.63, 3.8) is 0 Å². The molecule has 0 aliphatic carbocycles. The summed E-state index contributed by atoms with van der Waals surface area (Å²) in [4.78, 5) is 0. The summed E-state index contributed by atoms with van der Waals surface area (Å²) >= 11 is 0. The first kappa shape index (κ1) is 21.0. The molecular formula is C11H11F11. The van der Waals surface area contributed by atoms with Gasteiger partial charge >= 0.3 is 29.9 Å². The largest absolute Gasteiger partial charge is 0.438 e. The number of hydrogen-bond acceptors (Lipinski definition) is 0. The lowest BCUT2D eigenvalue weighted by Gasteiger charge is -2.39. The fourth-order valence-electron chi connectivity index (χ4n) is 1.42. The molecule has 132 valence electrons. The highest BCUT2D eigenvalue weighted by Gasteiger charge is 2.89. The minimum Gasteiger partial charge on any atom is -0.216 e. The molecule has 0 aromatic carbocycles. The monoisotopic (exact) mass is 352 g/mol. The van der Waals surface area contributed by atoms with Crippen LogP contribution in [0.3, 0.4) is 0 Å². The van der Waals surface area contributed by atoms with Crippen LogP contribution in [-0.4, -0.2) is 29.9 Å². The van der Waals surface area contributed by atoms with Crippen molar-refractivity contribution in [1.82, 2.24) is 0 Å². The van der Waals surface area contributed by atoms with Gasteiger partial charge in [-0.05, 0) is 20.3 Å². The van der Waals surface area contributed by atoms with Crippen molar-refractivity contribution in [2.24, 2.45) is 0 Å². The number of allylic oxidation sites excluding steroid dienone is 2. The van der Waals surface area contributed by atoms with Gasteiger partial charge in [0.2, 0.25) is 0 Å². The number of alkyl halides is 11. The fourth-order valence-corrected chi connectivity index (χ4v) is 1.42. The second-order valence-electron chi connectivity index (χ2n) is 4.57. The van der Waals surface area contributed by atoms with Crippen molar-refractivity contribution in [2.75, 3.05) is 0 Å². The maximum absolute atomic E-state index is 13.2. The summed E-state index contributed by atoms with van der Waals surface area (Å²) in [6.45, 7) is 2.43. The molecule has 0 radical (unpaired) electrons. The van der Waals surface area contributed by atoms with Crippen molar-refractivity contribution in [3.8, 4) is 0 Å². The predicted octanol–water partition coefficient (Wildman–Crippen LogP) is 5.84. The van der Waals surface area contributed by atoms with Crippen LogP contribution in [0.15, 0.2) is 11.6 Å². The molecule has 0 saturated heterocycles. The van der Waals surface area contributed by atoms with E-state index < -0.39 is 42.7 Å². The van der Waals surface area contributed by atoms with Gasteiger partial charge in [0, 0.05) is 6.42 Å². The predicted molar refractivity (Wildman–Crippen MR) is 54.5 cm³/mol. The van der Waals surface area contributed by atoms with E-state index in [1.54, 1.807) is 0 Å². The van der Waals surface area contributed by atoms with E-state index >= 15 is 0 Å². The first-order chi connectivity index (χ1) is 9.45. The Morgan fingerprint density at radius 2 is 1.14 bits per heavy atom. The molecule has 0 N–H and O–H groups in total. The van der Waals surface area contributed by atoms with Gasteiger partial charge in [0.25, 0.3) is 0 Å². The molecule has 11 heteroatoms. The van der Waals surface area contributed by atoms with E-state index in [1.165, 1.54) is 6.92 Å². The van der Waals surface area contributed by atoms with Crippen molar-refractivity contribution in [3.05, 3.63) is 11.6 Å². The van der Waals surface area contributed by atoms with E-state index in [0.717, 1.165) is 13.0 Å². The first-order valence-electron chi connectivity index (χ1n) is 5.65. The minimum atomic E-state index is -7.36. The van der Waals surface area contributed by atoms with Gasteiger partial charge in [-0.2, -0.15) is 43.9 Å². The Morgan fingerprint density at radius 3 is 1.41 bits per heavy atom. The lowest BCUT2D eigenvalue weighted by Crippen LogP contribution is -2.70. The van der Waals surface area contributed by atoms with Gasteiger partial charge in [-0.25, -0.2) is 4.39 Å². The van der Waals surface area contributed by atoms with Crippen molar-refractivity contribution in [1.29, 1.82) is 0 Å². The van der Waals surface area contributed by atoms with Crippen LogP contribution < -0.4 is 0 Å². The van der Waals surface area contributed by atoms with Crippen LogP contribution in [0.5, 0.6) is 0 Å². The Kier molecular flexibility index (Phi) is 5.60. The van der Waals surface area contributed by atoms with E-state index in [9.17, 15) is 48.3 Å². The zero-order valence-corrected chi connectivity index (χ0v) is 11.1. The van der Waals surface area contributed by atoms with E-state index in [2.05, 4.69) is 0 Å². The summed E-state index contributed by atoms with van der Waals surface area (Å²) in [7, 11) is 0. The van der Waals surface area contributed by atoms with Crippen molar-refractivity contribution < 1.29 is 48.3 Å². The molecule has 0 saturated carbocycles. The number of hydrogen-bond donors (Lipinski definition) is 0. The maximum Gasteiger partial charge on any atom is 0.438 e. The second kappa shape index (κ2) is 5.88. The van der Waals surface area contributed by atoms with Gasteiger partial charge in [0.1, 0.15) is 0 Å². The molecule has 0 aromatic rings. The van der Waals surface area contributed by atoms with Gasteiger partial charge in [-0.3, -0.25) is 0 Å². The molecule has 0 rings (SSSR count). The van der Waals surface area contributed by atoms with Crippen LogP contribution in [0.4, 0.5) is 48.3 Å². The van der Waals surface area contributed by atoms with Crippen LogP contribution in [0.1, 0.15) is 26.7 Å². The highest BCUT2D eigenvalue weighted by Crippen LogP contribution is 2.59. The van der Waals surface area contributed by atoms with Crippen LogP contribution in [0.25, 0.3) is 0 Å². The van der Waals surface area contributed by atoms with Gasteiger partial charge in [0.05, 0.1) is 0 Å². The summed E-state index contributed by atoms with van der Waals surface area (Å²) in [5.74, 6) is -12.9. The van der Waals surface area contributed by atoms with E-state index in [1.807, 2.05) is 0 Å². The third-order valence-corrected chi connectivity index (χ3v) is 3.00. The molecule has 0 bridgehead atoms. The topological polar surface area (TPSA) is 0 Å². The molecule has 0 atom stereocenters. The summed E-state index contributed by atoms with van der Waals surface area (Å²) in [6.07, 6.45) is -16.4. The highest BCUT2D eigenvalue weighted by atomic mass is 19.4. The Balaban J connectivity index is 5.92. The van der Waals surface area contributed by atoms with Crippen LogP contribution in [0.2, 0.25) is 0 Å². The normalized spacial score (nSPS) is 16.1. The minimum absolute atomic E-state index is 0.0129. The van der Waals surface area contributed by atoms with E-state index in [0.29, 0.717) is 0 Å². The summed E-state index contributed by atoms with van der Waals surface area (Å²) in [5.41, 5.74) is -7.35. The fraction of sp³-hybridized carbons (Fsp3) is 0.818. The molecule has 0 aliphatic rings. The Bertz CT molecular complexity index is 399. The lowest BCUT2D eigenvalue weighted by molar-refractivity contribution is -0.426. The molecule has 0 heterocycles.